The molecule has 1 aliphatic rings. The number of likely N-dealkylation sites (tertiary alicyclic amines) is 1. The highest BCUT2D eigenvalue weighted by molar-refractivity contribution is 7.88. The topological polar surface area (TPSA) is 66.5 Å². The zero-order valence-electron chi connectivity index (χ0n) is 12.5. The number of hydrogen-bond acceptors (Lipinski definition) is 3. The van der Waals surface area contributed by atoms with E-state index in [1.165, 1.54) is 18.2 Å². The van der Waals surface area contributed by atoms with E-state index in [4.69, 9.17) is 0 Å². The average molecular weight is 326 g/mol. The van der Waals surface area contributed by atoms with Crippen LogP contribution in [0.1, 0.15) is 18.9 Å². The lowest BCUT2D eigenvalue weighted by Crippen LogP contribution is -2.37. The van der Waals surface area contributed by atoms with E-state index in [2.05, 4.69) is 4.72 Å². The highest BCUT2D eigenvalue weighted by Crippen LogP contribution is 2.17. The molecule has 1 fully saturated rings. The maximum Gasteiger partial charge on any atom is 0.246 e. The van der Waals surface area contributed by atoms with Crippen molar-refractivity contribution in [3.63, 3.8) is 0 Å². The molecule has 120 valence electrons. The van der Waals surface area contributed by atoms with E-state index in [1.54, 1.807) is 24.0 Å². The molecule has 0 aliphatic carbocycles. The van der Waals surface area contributed by atoms with Gasteiger partial charge in [-0.15, -0.1) is 0 Å². The van der Waals surface area contributed by atoms with Gasteiger partial charge in [0.25, 0.3) is 0 Å². The molecule has 0 bridgehead atoms. The van der Waals surface area contributed by atoms with Crippen molar-refractivity contribution in [3.8, 4) is 0 Å². The smallest absolute Gasteiger partial charge is 0.246 e. The van der Waals surface area contributed by atoms with Gasteiger partial charge in [0.2, 0.25) is 15.9 Å². The van der Waals surface area contributed by atoms with Crippen LogP contribution in [0.25, 0.3) is 5.57 Å². The third kappa shape index (κ3) is 4.64. The molecular formula is C15H19FN2O3S. The number of amides is 1. The minimum Gasteiger partial charge on any atom is -0.337 e. The minimum absolute atomic E-state index is 0.195. The lowest BCUT2D eigenvalue weighted by molar-refractivity contribution is -0.125. The third-order valence-electron chi connectivity index (χ3n) is 3.50. The summed E-state index contributed by atoms with van der Waals surface area (Å²) in [4.78, 5) is 13.8. The van der Waals surface area contributed by atoms with Crippen molar-refractivity contribution in [1.29, 1.82) is 0 Å². The molecule has 5 nitrogen and oxygen atoms in total. The normalized spacial score (nSPS) is 19.5. The Hall–Kier alpha value is -1.73. The number of carbonyl (C=O) groups is 1. The average Bonchev–Trinajstić information content (AvgIpc) is 2.85. The van der Waals surface area contributed by atoms with Gasteiger partial charge in [-0.1, -0.05) is 12.1 Å². The van der Waals surface area contributed by atoms with Gasteiger partial charge in [-0.25, -0.2) is 17.5 Å². The monoisotopic (exact) mass is 326 g/mol. The van der Waals surface area contributed by atoms with Gasteiger partial charge < -0.3 is 4.90 Å². The first-order valence-electron chi connectivity index (χ1n) is 6.95. The van der Waals surface area contributed by atoms with Crippen molar-refractivity contribution in [3.05, 3.63) is 41.7 Å². The second-order valence-corrected chi connectivity index (χ2v) is 7.28. The molecule has 1 saturated heterocycles. The van der Waals surface area contributed by atoms with Gasteiger partial charge >= 0.3 is 0 Å². The van der Waals surface area contributed by atoms with E-state index in [1.807, 2.05) is 0 Å². The number of hydrogen-bond donors (Lipinski definition) is 1. The molecule has 22 heavy (non-hydrogen) atoms. The van der Waals surface area contributed by atoms with E-state index < -0.39 is 10.0 Å². The first kappa shape index (κ1) is 16.6. The highest BCUT2D eigenvalue weighted by Gasteiger charge is 2.27. The number of nitrogens with one attached hydrogen (secondary N) is 1. The van der Waals surface area contributed by atoms with E-state index in [-0.39, 0.29) is 17.8 Å². The van der Waals surface area contributed by atoms with Gasteiger partial charge in [0.15, 0.2) is 0 Å². The highest BCUT2D eigenvalue weighted by atomic mass is 32.2. The summed E-state index contributed by atoms with van der Waals surface area (Å²) in [6.45, 7) is 2.59. The van der Waals surface area contributed by atoms with Crippen LogP contribution in [-0.2, 0) is 14.8 Å². The third-order valence-corrected chi connectivity index (χ3v) is 4.26. The van der Waals surface area contributed by atoms with E-state index in [9.17, 15) is 17.6 Å². The van der Waals surface area contributed by atoms with Gasteiger partial charge in [-0.2, -0.15) is 0 Å². The van der Waals surface area contributed by atoms with E-state index >= 15 is 0 Å². The summed E-state index contributed by atoms with van der Waals surface area (Å²) in [5.74, 6) is -0.546. The fraction of sp³-hybridized carbons (Fsp3) is 0.400. The Morgan fingerprint density at radius 3 is 2.82 bits per heavy atom. The molecule has 2 rings (SSSR count). The van der Waals surface area contributed by atoms with Crippen molar-refractivity contribution in [2.45, 2.75) is 19.4 Å². The van der Waals surface area contributed by atoms with Gasteiger partial charge in [0.1, 0.15) is 5.82 Å². The minimum atomic E-state index is -3.27. The molecule has 1 N–H and O–H groups in total. The van der Waals surface area contributed by atoms with Crippen LogP contribution >= 0.6 is 0 Å². The predicted molar refractivity (Wildman–Crippen MR) is 83.0 cm³/mol. The number of rotatable bonds is 4. The first-order chi connectivity index (χ1) is 10.2. The summed E-state index contributed by atoms with van der Waals surface area (Å²) >= 11 is 0. The van der Waals surface area contributed by atoms with E-state index in [0.717, 1.165) is 6.26 Å². The Morgan fingerprint density at radius 1 is 1.45 bits per heavy atom. The Labute approximate surface area is 129 Å². The number of carbonyl (C=O) groups excluding carboxylic acids is 1. The lowest BCUT2D eigenvalue weighted by atomic mass is 10.1. The fourth-order valence-electron chi connectivity index (χ4n) is 2.45. The zero-order chi connectivity index (χ0) is 16.3. The summed E-state index contributed by atoms with van der Waals surface area (Å²) in [5, 5.41) is 0. The van der Waals surface area contributed by atoms with Gasteiger partial charge in [-0.05, 0) is 36.6 Å². The quantitative estimate of drug-likeness (QED) is 0.850. The summed E-state index contributed by atoms with van der Waals surface area (Å²) in [6.07, 6.45) is 3.15. The summed E-state index contributed by atoms with van der Waals surface area (Å²) in [7, 11) is -3.27. The molecule has 1 amide bonds. The number of sulfonamides is 1. The Balaban J connectivity index is 2.02. The molecule has 1 heterocycles. The summed E-state index contributed by atoms with van der Waals surface area (Å²) < 4.78 is 38.1. The van der Waals surface area contributed by atoms with Crippen LogP contribution < -0.4 is 4.72 Å². The number of benzene rings is 1. The van der Waals surface area contributed by atoms with Crippen LogP contribution in [0.15, 0.2) is 30.3 Å². The number of halogens is 1. The molecule has 0 radical (unpaired) electrons. The predicted octanol–water partition coefficient (Wildman–Crippen LogP) is 1.38. The fourth-order valence-corrected chi connectivity index (χ4v) is 3.25. The van der Waals surface area contributed by atoms with Crippen LogP contribution in [-0.4, -0.2) is 44.6 Å². The molecule has 1 unspecified atom stereocenters. The Bertz CT molecular complexity index is 700. The molecule has 1 aromatic carbocycles. The molecular weight excluding hydrogens is 307 g/mol. The van der Waals surface area contributed by atoms with Crippen LogP contribution in [0.3, 0.4) is 0 Å². The van der Waals surface area contributed by atoms with Crippen molar-refractivity contribution < 1.29 is 17.6 Å². The molecule has 0 spiro atoms. The van der Waals surface area contributed by atoms with Crippen molar-refractivity contribution in [1.82, 2.24) is 9.62 Å². The second-order valence-electron chi connectivity index (χ2n) is 5.50. The largest absolute Gasteiger partial charge is 0.337 e. The molecule has 1 atom stereocenters. The number of allylic oxidation sites excluding steroid dienone is 1. The summed E-state index contributed by atoms with van der Waals surface area (Å²) in [6, 6.07) is 5.80. The van der Waals surface area contributed by atoms with Gasteiger partial charge in [-0.3, -0.25) is 4.79 Å². The van der Waals surface area contributed by atoms with Gasteiger partial charge in [0, 0.05) is 25.2 Å². The van der Waals surface area contributed by atoms with Gasteiger partial charge in [0.05, 0.1) is 6.26 Å². The second kappa shape index (κ2) is 6.58. The zero-order valence-corrected chi connectivity index (χ0v) is 13.4. The summed E-state index contributed by atoms with van der Waals surface area (Å²) in [5.41, 5.74) is 1.32. The van der Waals surface area contributed by atoms with Crippen molar-refractivity contribution in [2.75, 3.05) is 19.3 Å². The van der Waals surface area contributed by atoms with Crippen LogP contribution in [0.4, 0.5) is 4.39 Å². The standard InChI is InChI=1S/C15H19FN2O3S/c1-11(12-4-3-5-13(16)9-12)8-15(19)18-7-6-14(10-18)17-22(2,20)21/h3-5,8-9,14,17H,6-7,10H2,1-2H3. The maximum atomic E-state index is 13.2. The Kier molecular flexibility index (Phi) is 4.97. The number of nitrogens with zero attached hydrogens (tertiary/aromatic N) is 1. The molecule has 0 saturated carbocycles. The first-order valence-corrected chi connectivity index (χ1v) is 8.84. The molecule has 7 heteroatoms. The SMILES string of the molecule is CC(=CC(=O)N1CCC(NS(C)(=O)=O)C1)c1cccc(F)c1. The van der Waals surface area contributed by atoms with Crippen molar-refractivity contribution in [2.24, 2.45) is 0 Å². The van der Waals surface area contributed by atoms with Crippen LogP contribution in [0, 0.1) is 5.82 Å². The molecule has 1 aromatic rings. The maximum absolute atomic E-state index is 13.2. The van der Waals surface area contributed by atoms with Crippen LogP contribution in [0.2, 0.25) is 0 Å². The molecule has 1 aliphatic heterocycles. The van der Waals surface area contributed by atoms with Crippen LogP contribution in [0.5, 0.6) is 0 Å². The van der Waals surface area contributed by atoms with E-state index in [0.29, 0.717) is 30.6 Å². The van der Waals surface area contributed by atoms with Crippen molar-refractivity contribution >= 4 is 21.5 Å². The lowest BCUT2D eigenvalue weighted by Gasteiger charge is -2.15. The Morgan fingerprint density at radius 2 is 2.18 bits per heavy atom. The molecule has 0 aromatic heterocycles.